The highest BCUT2D eigenvalue weighted by molar-refractivity contribution is 5.30. The second-order valence-corrected chi connectivity index (χ2v) is 4.78. The lowest BCUT2D eigenvalue weighted by Crippen LogP contribution is -2.11. The lowest BCUT2D eigenvalue weighted by atomic mass is 10.1. The van der Waals surface area contributed by atoms with Crippen LogP contribution in [0.4, 0.5) is 5.95 Å². The van der Waals surface area contributed by atoms with E-state index < -0.39 is 0 Å². The van der Waals surface area contributed by atoms with Gasteiger partial charge in [0.15, 0.2) is 0 Å². The predicted octanol–water partition coefficient (Wildman–Crippen LogP) is 3.13. The van der Waals surface area contributed by atoms with Crippen molar-refractivity contribution in [1.82, 2.24) is 9.55 Å². The van der Waals surface area contributed by atoms with Gasteiger partial charge in [-0.3, -0.25) is 0 Å². The maximum Gasteiger partial charge on any atom is 0.203 e. The standard InChI is InChI=1S/C15H21N3O/c1-12(2)18-11-10-17-15(18)16-9-8-13-4-6-14(19-3)7-5-13/h4-7,10-12H,8-9H2,1-3H3,(H,16,17). The molecule has 0 aliphatic carbocycles. The summed E-state index contributed by atoms with van der Waals surface area (Å²) in [6.45, 7) is 5.17. The van der Waals surface area contributed by atoms with Gasteiger partial charge in [0.2, 0.25) is 5.95 Å². The zero-order valence-electron chi connectivity index (χ0n) is 11.8. The van der Waals surface area contributed by atoms with Gasteiger partial charge in [-0.1, -0.05) is 12.1 Å². The maximum atomic E-state index is 5.15. The molecule has 0 aliphatic rings. The molecule has 0 bridgehead atoms. The highest BCUT2D eigenvalue weighted by Gasteiger charge is 2.04. The molecule has 1 aromatic carbocycles. The van der Waals surface area contributed by atoms with Gasteiger partial charge in [0.25, 0.3) is 0 Å². The van der Waals surface area contributed by atoms with Gasteiger partial charge in [0.05, 0.1) is 7.11 Å². The van der Waals surface area contributed by atoms with Gasteiger partial charge in [-0.25, -0.2) is 4.98 Å². The number of methoxy groups -OCH3 is 1. The van der Waals surface area contributed by atoms with Crippen molar-refractivity contribution in [2.45, 2.75) is 26.3 Å². The smallest absolute Gasteiger partial charge is 0.203 e. The third kappa shape index (κ3) is 3.50. The van der Waals surface area contributed by atoms with Crippen LogP contribution in [0.3, 0.4) is 0 Å². The van der Waals surface area contributed by atoms with Crippen LogP contribution >= 0.6 is 0 Å². The lowest BCUT2D eigenvalue weighted by Gasteiger charge is -2.12. The average Bonchev–Trinajstić information content (AvgIpc) is 2.88. The number of hydrogen-bond donors (Lipinski definition) is 1. The molecule has 0 spiro atoms. The van der Waals surface area contributed by atoms with Crippen LogP contribution in [0.1, 0.15) is 25.5 Å². The Morgan fingerprint density at radius 3 is 2.63 bits per heavy atom. The van der Waals surface area contributed by atoms with E-state index in [4.69, 9.17) is 4.74 Å². The molecule has 0 aliphatic heterocycles. The number of nitrogens with zero attached hydrogens (tertiary/aromatic N) is 2. The molecule has 4 heteroatoms. The monoisotopic (exact) mass is 259 g/mol. The molecule has 0 saturated heterocycles. The van der Waals surface area contributed by atoms with E-state index in [0.717, 1.165) is 24.7 Å². The van der Waals surface area contributed by atoms with E-state index in [1.807, 2.05) is 24.5 Å². The molecule has 2 rings (SSSR count). The summed E-state index contributed by atoms with van der Waals surface area (Å²) in [6.07, 6.45) is 4.80. The molecule has 102 valence electrons. The molecule has 4 nitrogen and oxygen atoms in total. The Morgan fingerprint density at radius 1 is 1.26 bits per heavy atom. The van der Waals surface area contributed by atoms with Crippen molar-refractivity contribution in [3.63, 3.8) is 0 Å². The molecule has 1 N–H and O–H groups in total. The summed E-state index contributed by atoms with van der Waals surface area (Å²) in [7, 11) is 1.68. The van der Waals surface area contributed by atoms with Crippen molar-refractivity contribution in [1.29, 1.82) is 0 Å². The quantitative estimate of drug-likeness (QED) is 0.866. The molecular formula is C15H21N3O. The largest absolute Gasteiger partial charge is 0.497 e. The van der Waals surface area contributed by atoms with Crippen LogP contribution in [-0.2, 0) is 6.42 Å². The van der Waals surface area contributed by atoms with Crippen LogP contribution in [0.5, 0.6) is 5.75 Å². The van der Waals surface area contributed by atoms with Crippen molar-refractivity contribution in [2.24, 2.45) is 0 Å². The van der Waals surface area contributed by atoms with Gasteiger partial charge in [0, 0.05) is 25.0 Å². The van der Waals surface area contributed by atoms with Gasteiger partial charge in [-0.2, -0.15) is 0 Å². The van der Waals surface area contributed by atoms with E-state index in [2.05, 4.69) is 40.8 Å². The second-order valence-electron chi connectivity index (χ2n) is 4.78. The van der Waals surface area contributed by atoms with Crippen molar-refractivity contribution in [3.8, 4) is 5.75 Å². The van der Waals surface area contributed by atoms with Crippen LogP contribution in [-0.4, -0.2) is 23.2 Å². The Bertz CT molecular complexity index is 502. The zero-order valence-corrected chi connectivity index (χ0v) is 11.8. The van der Waals surface area contributed by atoms with Gasteiger partial charge in [-0.15, -0.1) is 0 Å². The number of aromatic nitrogens is 2. The van der Waals surface area contributed by atoms with Crippen LogP contribution in [0.2, 0.25) is 0 Å². The molecule has 19 heavy (non-hydrogen) atoms. The van der Waals surface area contributed by atoms with E-state index in [9.17, 15) is 0 Å². The van der Waals surface area contributed by atoms with Gasteiger partial charge in [-0.05, 0) is 38.0 Å². The van der Waals surface area contributed by atoms with Crippen molar-refractivity contribution in [2.75, 3.05) is 19.0 Å². The number of ether oxygens (including phenoxy) is 1. The fourth-order valence-electron chi connectivity index (χ4n) is 1.98. The Balaban J connectivity index is 1.87. The molecule has 1 heterocycles. The van der Waals surface area contributed by atoms with Crippen molar-refractivity contribution >= 4 is 5.95 Å². The van der Waals surface area contributed by atoms with Crippen LogP contribution < -0.4 is 10.1 Å². The van der Waals surface area contributed by atoms with Gasteiger partial charge in [0.1, 0.15) is 5.75 Å². The third-order valence-electron chi connectivity index (χ3n) is 3.08. The minimum Gasteiger partial charge on any atom is -0.497 e. The second kappa shape index (κ2) is 6.27. The lowest BCUT2D eigenvalue weighted by molar-refractivity contribution is 0.414. The Morgan fingerprint density at radius 2 is 2.00 bits per heavy atom. The van der Waals surface area contributed by atoms with Crippen LogP contribution in [0, 0.1) is 0 Å². The number of benzene rings is 1. The topological polar surface area (TPSA) is 39.1 Å². The van der Waals surface area contributed by atoms with E-state index in [0.29, 0.717) is 6.04 Å². The molecule has 0 saturated carbocycles. The maximum absolute atomic E-state index is 5.15. The normalized spacial score (nSPS) is 10.7. The molecule has 1 aromatic heterocycles. The fraction of sp³-hybridized carbons (Fsp3) is 0.400. The SMILES string of the molecule is COc1ccc(CCNc2nccn2C(C)C)cc1. The summed E-state index contributed by atoms with van der Waals surface area (Å²) >= 11 is 0. The Hall–Kier alpha value is -1.97. The highest BCUT2D eigenvalue weighted by Crippen LogP contribution is 2.14. The van der Waals surface area contributed by atoms with Crippen molar-refractivity contribution < 1.29 is 4.74 Å². The van der Waals surface area contributed by atoms with Crippen LogP contribution in [0.15, 0.2) is 36.7 Å². The Kier molecular flexibility index (Phi) is 4.44. The van der Waals surface area contributed by atoms with Crippen molar-refractivity contribution in [3.05, 3.63) is 42.2 Å². The first-order chi connectivity index (χ1) is 9.20. The summed E-state index contributed by atoms with van der Waals surface area (Å²) in [4.78, 5) is 4.33. The molecule has 0 atom stereocenters. The van der Waals surface area contributed by atoms with E-state index in [1.165, 1.54) is 5.56 Å². The van der Waals surface area contributed by atoms with E-state index >= 15 is 0 Å². The number of imidazole rings is 1. The van der Waals surface area contributed by atoms with Gasteiger partial charge < -0.3 is 14.6 Å². The van der Waals surface area contributed by atoms with E-state index in [1.54, 1.807) is 7.11 Å². The summed E-state index contributed by atoms with van der Waals surface area (Å²) in [5.74, 6) is 1.83. The van der Waals surface area contributed by atoms with Crippen LogP contribution in [0.25, 0.3) is 0 Å². The minimum absolute atomic E-state index is 0.422. The number of rotatable bonds is 6. The average molecular weight is 259 g/mol. The Labute approximate surface area is 114 Å². The summed E-state index contributed by atoms with van der Waals surface area (Å²) in [5, 5.41) is 3.37. The first-order valence-electron chi connectivity index (χ1n) is 6.60. The molecule has 0 amide bonds. The molecule has 2 aromatic rings. The first-order valence-corrected chi connectivity index (χ1v) is 6.60. The predicted molar refractivity (Wildman–Crippen MR) is 77.8 cm³/mol. The minimum atomic E-state index is 0.422. The number of anilines is 1. The zero-order chi connectivity index (χ0) is 13.7. The molecule has 0 unspecified atom stereocenters. The highest BCUT2D eigenvalue weighted by atomic mass is 16.5. The fourth-order valence-corrected chi connectivity index (χ4v) is 1.98. The van der Waals surface area contributed by atoms with Gasteiger partial charge >= 0.3 is 0 Å². The summed E-state index contributed by atoms with van der Waals surface area (Å²) < 4.78 is 7.28. The molecule has 0 fully saturated rings. The molecule has 0 radical (unpaired) electrons. The third-order valence-corrected chi connectivity index (χ3v) is 3.08. The summed E-state index contributed by atoms with van der Waals surface area (Å²) in [6, 6.07) is 8.59. The summed E-state index contributed by atoms with van der Waals surface area (Å²) in [5.41, 5.74) is 1.29. The number of nitrogens with one attached hydrogen (secondary N) is 1. The first kappa shape index (κ1) is 13.5. The van der Waals surface area contributed by atoms with E-state index in [-0.39, 0.29) is 0 Å². The molecular weight excluding hydrogens is 238 g/mol. The number of hydrogen-bond acceptors (Lipinski definition) is 3.